The number of amides is 1. The van der Waals surface area contributed by atoms with Crippen LogP contribution in [0.2, 0.25) is 5.02 Å². The summed E-state index contributed by atoms with van der Waals surface area (Å²) in [5.41, 5.74) is 1.61. The van der Waals surface area contributed by atoms with Crippen LogP contribution in [-0.2, 0) is 11.3 Å². The molecule has 1 unspecified atom stereocenters. The molecule has 0 saturated heterocycles. The number of para-hydroxylation sites is 1. The van der Waals surface area contributed by atoms with E-state index in [1.165, 1.54) is 0 Å². The van der Waals surface area contributed by atoms with Gasteiger partial charge in [-0.25, -0.2) is 0 Å². The molecule has 2 heterocycles. The highest BCUT2D eigenvalue weighted by Crippen LogP contribution is 2.24. The van der Waals surface area contributed by atoms with Crippen molar-refractivity contribution in [3.8, 4) is 11.4 Å². The maximum Gasteiger partial charge on any atom is 0.240 e. The van der Waals surface area contributed by atoms with Gasteiger partial charge in [-0.1, -0.05) is 29.8 Å². The van der Waals surface area contributed by atoms with Crippen LogP contribution in [0.1, 0.15) is 18.7 Å². The molecule has 2 aromatic heterocycles. The Labute approximate surface area is 171 Å². The fraction of sp³-hybridized carbons (Fsp3) is 0.150. The van der Waals surface area contributed by atoms with Gasteiger partial charge in [0.15, 0.2) is 10.6 Å². The predicted octanol–water partition coefficient (Wildman–Crippen LogP) is 4.88. The van der Waals surface area contributed by atoms with Gasteiger partial charge >= 0.3 is 0 Å². The number of rotatable bonds is 5. The molecule has 0 fully saturated rings. The molecular formula is C20H17ClN4O2S. The number of H-pyrrole nitrogens is 1. The minimum Gasteiger partial charge on any atom is -0.459 e. The Balaban J connectivity index is 1.51. The molecule has 0 saturated carbocycles. The standard InChI is InChI=1S/C20H17ClN4O2S/c1-12(17-10-14-4-2-3-5-16(14)27-17)22-18(26)11-25-19(23-24-20(25)28)13-6-8-15(21)9-7-13/h2-10,12H,11H2,1H3,(H,22,26)(H,24,28). The Morgan fingerprint density at radius 2 is 2.04 bits per heavy atom. The molecular weight excluding hydrogens is 396 g/mol. The first-order valence-corrected chi connectivity index (χ1v) is 9.49. The number of nitrogens with one attached hydrogen (secondary N) is 2. The monoisotopic (exact) mass is 412 g/mol. The van der Waals surface area contributed by atoms with E-state index in [4.69, 9.17) is 28.2 Å². The normalized spacial score (nSPS) is 12.2. The summed E-state index contributed by atoms with van der Waals surface area (Å²) >= 11 is 11.2. The lowest BCUT2D eigenvalue weighted by Gasteiger charge is -2.12. The Kier molecular flexibility index (Phi) is 5.02. The minimum atomic E-state index is -0.278. The van der Waals surface area contributed by atoms with Crippen LogP contribution in [-0.4, -0.2) is 20.7 Å². The van der Waals surface area contributed by atoms with Gasteiger partial charge in [0.05, 0.1) is 6.04 Å². The van der Waals surface area contributed by atoms with Gasteiger partial charge in [0.25, 0.3) is 0 Å². The van der Waals surface area contributed by atoms with Crippen molar-refractivity contribution in [1.29, 1.82) is 0 Å². The Morgan fingerprint density at radius 3 is 2.79 bits per heavy atom. The van der Waals surface area contributed by atoms with Crippen LogP contribution < -0.4 is 5.32 Å². The Bertz CT molecular complexity index is 1160. The van der Waals surface area contributed by atoms with Crippen LogP contribution in [0.25, 0.3) is 22.4 Å². The van der Waals surface area contributed by atoms with Crippen LogP contribution in [0.4, 0.5) is 0 Å². The van der Waals surface area contributed by atoms with Crippen LogP contribution in [0, 0.1) is 4.77 Å². The number of aromatic amines is 1. The lowest BCUT2D eigenvalue weighted by Crippen LogP contribution is -2.30. The number of carbonyl (C=O) groups excluding carboxylic acids is 1. The summed E-state index contributed by atoms with van der Waals surface area (Å²) in [6, 6.07) is 16.6. The van der Waals surface area contributed by atoms with E-state index in [2.05, 4.69) is 15.5 Å². The maximum absolute atomic E-state index is 12.6. The van der Waals surface area contributed by atoms with Crippen molar-refractivity contribution in [1.82, 2.24) is 20.1 Å². The van der Waals surface area contributed by atoms with Gasteiger partial charge in [-0.15, -0.1) is 0 Å². The molecule has 4 aromatic rings. The highest BCUT2D eigenvalue weighted by Gasteiger charge is 2.17. The summed E-state index contributed by atoms with van der Waals surface area (Å²) < 4.78 is 7.84. The van der Waals surface area contributed by atoms with Gasteiger partial charge < -0.3 is 9.73 Å². The summed E-state index contributed by atoms with van der Waals surface area (Å²) in [5, 5.41) is 11.6. The molecule has 142 valence electrons. The molecule has 0 aliphatic rings. The summed E-state index contributed by atoms with van der Waals surface area (Å²) in [5.74, 6) is 1.08. The zero-order valence-electron chi connectivity index (χ0n) is 15.0. The Hall–Kier alpha value is -2.90. The quantitative estimate of drug-likeness (QED) is 0.458. The van der Waals surface area contributed by atoms with Crippen molar-refractivity contribution in [3.63, 3.8) is 0 Å². The molecule has 0 aliphatic heterocycles. The number of hydrogen-bond acceptors (Lipinski definition) is 4. The Morgan fingerprint density at radius 1 is 1.29 bits per heavy atom. The van der Waals surface area contributed by atoms with Crippen molar-refractivity contribution in [2.45, 2.75) is 19.5 Å². The highest BCUT2D eigenvalue weighted by molar-refractivity contribution is 7.71. The predicted molar refractivity (Wildman–Crippen MR) is 111 cm³/mol. The molecule has 0 aliphatic carbocycles. The molecule has 2 aromatic carbocycles. The number of benzene rings is 2. The number of fused-ring (bicyclic) bond motifs is 1. The number of hydrogen-bond donors (Lipinski definition) is 2. The molecule has 1 amide bonds. The molecule has 28 heavy (non-hydrogen) atoms. The van der Waals surface area contributed by atoms with Gasteiger partial charge in [-0.2, -0.15) is 5.10 Å². The fourth-order valence-electron chi connectivity index (χ4n) is 3.00. The van der Waals surface area contributed by atoms with E-state index in [0.717, 1.165) is 16.5 Å². The molecule has 8 heteroatoms. The first kappa shape index (κ1) is 18.5. The van der Waals surface area contributed by atoms with E-state index in [9.17, 15) is 4.79 Å². The van der Waals surface area contributed by atoms with Gasteiger partial charge in [0.1, 0.15) is 17.9 Å². The number of nitrogens with zero attached hydrogens (tertiary/aromatic N) is 2. The van der Waals surface area contributed by atoms with Gasteiger partial charge in [-0.3, -0.25) is 14.5 Å². The van der Waals surface area contributed by atoms with E-state index in [-0.39, 0.29) is 18.5 Å². The average molecular weight is 413 g/mol. The van der Waals surface area contributed by atoms with Crippen molar-refractivity contribution >= 4 is 40.7 Å². The summed E-state index contributed by atoms with van der Waals surface area (Å²) in [6.45, 7) is 1.92. The zero-order valence-corrected chi connectivity index (χ0v) is 16.6. The second-order valence-corrected chi connectivity index (χ2v) is 7.24. The van der Waals surface area contributed by atoms with Crippen LogP contribution in [0.15, 0.2) is 59.0 Å². The van der Waals surface area contributed by atoms with Gasteiger partial charge in [0.2, 0.25) is 5.91 Å². The van der Waals surface area contributed by atoms with Crippen LogP contribution in [0.3, 0.4) is 0 Å². The lowest BCUT2D eigenvalue weighted by molar-refractivity contribution is -0.122. The minimum absolute atomic E-state index is 0.0395. The largest absolute Gasteiger partial charge is 0.459 e. The number of carbonyl (C=O) groups is 1. The lowest BCUT2D eigenvalue weighted by atomic mass is 10.2. The van der Waals surface area contributed by atoms with Crippen molar-refractivity contribution in [3.05, 3.63) is 70.2 Å². The SMILES string of the molecule is CC(NC(=O)Cn1c(-c2ccc(Cl)cc2)n[nH]c1=S)c1cc2ccccc2o1. The van der Waals surface area contributed by atoms with Crippen molar-refractivity contribution in [2.24, 2.45) is 0 Å². The highest BCUT2D eigenvalue weighted by atomic mass is 35.5. The molecule has 1 atom stereocenters. The fourth-order valence-corrected chi connectivity index (χ4v) is 3.32. The van der Waals surface area contributed by atoms with E-state index >= 15 is 0 Å². The van der Waals surface area contributed by atoms with E-state index in [1.54, 1.807) is 16.7 Å². The molecule has 6 nitrogen and oxygen atoms in total. The molecule has 4 rings (SSSR count). The topological polar surface area (TPSA) is 75.8 Å². The number of halogens is 1. The van der Waals surface area contributed by atoms with E-state index in [0.29, 0.717) is 21.4 Å². The second kappa shape index (κ2) is 7.61. The summed E-state index contributed by atoms with van der Waals surface area (Å²) in [7, 11) is 0. The van der Waals surface area contributed by atoms with Crippen LogP contribution >= 0.6 is 23.8 Å². The second-order valence-electron chi connectivity index (χ2n) is 6.42. The third kappa shape index (κ3) is 3.72. The van der Waals surface area contributed by atoms with Crippen molar-refractivity contribution in [2.75, 3.05) is 0 Å². The van der Waals surface area contributed by atoms with E-state index in [1.807, 2.05) is 49.4 Å². The number of furan rings is 1. The summed E-state index contributed by atoms with van der Waals surface area (Å²) in [4.78, 5) is 12.6. The van der Waals surface area contributed by atoms with Crippen molar-refractivity contribution < 1.29 is 9.21 Å². The van der Waals surface area contributed by atoms with Gasteiger partial charge in [0, 0.05) is 16.0 Å². The molecule has 0 bridgehead atoms. The smallest absolute Gasteiger partial charge is 0.240 e. The van der Waals surface area contributed by atoms with Gasteiger partial charge in [-0.05, 0) is 55.5 Å². The van der Waals surface area contributed by atoms with Crippen LogP contribution in [0.5, 0.6) is 0 Å². The average Bonchev–Trinajstić information content (AvgIpc) is 3.27. The molecule has 2 N–H and O–H groups in total. The van der Waals surface area contributed by atoms with E-state index < -0.39 is 0 Å². The number of aromatic nitrogens is 3. The third-order valence-corrected chi connectivity index (χ3v) is 4.97. The zero-order chi connectivity index (χ0) is 19.7. The first-order chi connectivity index (χ1) is 13.5. The molecule has 0 spiro atoms. The first-order valence-electron chi connectivity index (χ1n) is 8.70. The molecule has 0 radical (unpaired) electrons. The third-order valence-electron chi connectivity index (χ3n) is 4.41. The summed E-state index contributed by atoms with van der Waals surface area (Å²) in [6.07, 6.45) is 0. The maximum atomic E-state index is 12.6.